The fourth-order valence-corrected chi connectivity index (χ4v) is 3.69. The van der Waals surface area contributed by atoms with Crippen LogP contribution in [0.4, 0.5) is 10.1 Å². The summed E-state index contributed by atoms with van der Waals surface area (Å²) in [6, 6.07) is 9.78. The molecule has 0 heterocycles. The van der Waals surface area contributed by atoms with Crippen molar-refractivity contribution in [2.24, 2.45) is 0 Å². The molecule has 0 aromatic heterocycles. The zero-order valence-electron chi connectivity index (χ0n) is 16.6. The molecular weight excluding hydrogens is 399 g/mol. The van der Waals surface area contributed by atoms with E-state index < -0.39 is 40.4 Å². The molecule has 1 N–H and O–H groups in total. The van der Waals surface area contributed by atoms with Crippen molar-refractivity contribution in [3.63, 3.8) is 0 Å². The van der Waals surface area contributed by atoms with Gasteiger partial charge in [0.15, 0.2) is 6.10 Å². The molecule has 0 aliphatic heterocycles. The van der Waals surface area contributed by atoms with Crippen LogP contribution in [0.15, 0.2) is 47.4 Å². The van der Waals surface area contributed by atoms with Crippen LogP contribution in [0.2, 0.25) is 0 Å². The number of benzene rings is 2. The number of anilines is 1. The second kappa shape index (κ2) is 9.15. The third-order valence-corrected chi connectivity index (χ3v) is 6.10. The monoisotopic (exact) mass is 422 g/mol. The predicted molar refractivity (Wildman–Crippen MR) is 106 cm³/mol. The Bertz CT molecular complexity index is 986. The molecule has 0 saturated heterocycles. The molecule has 0 radical (unpaired) electrons. The van der Waals surface area contributed by atoms with Crippen LogP contribution in [0.3, 0.4) is 0 Å². The first-order valence-corrected chi connectivity index (χ1v) is 10.2. The van der Waals surface area contributed by atoms with Crippen LogP contribution in [0.1, 0.15) is 18.1 Å². The smallest absolute Gasteiger partial charge is 0.322 e. The van der Waals surface area contributed by atoms with Crippen molar-refractivity contribution in [2.75, 3.05) is 18.9 Å². The average Bonchev–Trinajstić information content (AvgIpc) is 2.64. The Hall–Kier alpha value is -2.78. The van der Waals surface area contributed by atoms with E-state index in [4.69, 9.17) is 4.74 Å². The number of hydrogen-bond donors (Lipinski definition) is 1. The molecule has 2 rings (SSSR count). The lowest BCUT2D eigenvalue weighted by atomic mass is 10.1. The largest absolute Gasteiger partial charge is 0.452 e. The molecule has 0 unspecified atom stereocenters. The SMILES string of the molecule is Cc1cccc(C)c1NC(=O)[C@@H](C)OC(=O)CN(C)S(=O)(=O)c1ccc(F)cc1. The zero-order chi connectivity index (χ0) is 21.8. The normalized spacial score (nSPS) is 12.5. The van der Waals surface area contributed by atoms with Gasteiger partial charge in [0.05, 0.1) is 4.90 Å². The topological polar surface area (TPSA) is 92.8 Å². The van der Waals surface area contributed by atoms with Crippen molar-refractivity contribution in [3.8, 4) is 0 Å². The molecule has 0 aliphatic rings. The second-order valence-corrected chi connectivity index (χ2v) is 8.65. The van der Waals surface area contributed by atoms with E-state index in [9.17, 15) is 22.4 Å². The van der Waals surface area contributed by atoms with E-state index in [-0.39, 0.29) is 4.90 Å². The molecule has 156 valence electrons. The Morgan fingerprint density at radius 1 is 1.10 bits per heavy atom. The van der Waals surface area contributed by atoms with Crippen molar-refractivity contribution >= 4 is 27.6 Å². The number of hydrogen-bond acceptors (Lipinski definition) is 5. The van der Waals surface area contributed by atoms with Gasteiger partial charge in [-0.05, 0) is 56.2 Å². The van der Waals surface area contributed by atoms with Gasteiger partial charge in [-0.2, -0.15) is 4.31 Å². The van der Waals surface area contributed by atoms with E-state index in [2.05, 4.69) is 5.32 Å². The third-order valence-electron chi connectivity index (χ3n) is 4.28. The quantitative estimate of drug-likeness (QED) is 0.693. The number of aryl methyl sites for hydroxylation is 2. The molecule has 7 nitrogen and oxygen atoms in total. The maximum atomic E-state index is 13.0. The number of esters is 1. The van der Waals surface area contributed by atoms with Gasteiger partial charge >= 0.3 is 5.97 Å². The van der Waals surface area contributed by atoms with Crippen LogP contribution in [0, 0.1) is 19.7 Å². The van der Waals surface area contributed by atoms with Crippen LogP contribution in [0.25, 0.3) is 0 Å². The van der Waals surface area contributed by atoms with Crippen LogP contribution in [-0.2, 0) is 24.3 Å². The van der Waals surface area contributed by atoms with Crippen molar-refractivity contribution < 1.29 is 27.1 Å². The lowest BCUT2D eigenvalue weighted by molar-refractivity contribution is -0.153. The first kappa shape index (κ1) is 22.5. The molecule has 0 fully saturated rings. The van der Waals surface area contributed by atoms with Gasteiger partial charge in [-0.1, -0.05) is 18.2 Å². The fourth-order valence-electron chi connectivity index (χ4n) is 2.58. The van der Waals surface area contributed by atoms with E-state index in [0.29, 0.717) is 5.69 Å². The maximum absolute atomic E-state index is 13.0. The molecule has 29 heavy (non-hydrogen) atoms. The van der Waals surface area contributed by atoms with E-state index in [0.717, 1.165) is 39.7 Å². The Morgan fingerprint density at radius 2 is 1.66 bits per heavy atom. The number of carbonyl (C=O) groups is 2. The van der Waals surface area contributed by atoms with Crippen LogP contribution in [-0.4, -0.2) is 44.3 Å². The number of nitrogens with one attached hydrogen (secondary N) is 1. The highest BCUT2D eigenvalue weighted by Crippen LogP contribution is 2.20. The lowest BCUT2D eigenvalue weighted by Gasteiger charge is -2.19. The third kappa shape index (κ3) is 5.61. The zero-order valence-corrected chi connectivity index (χ0v) is 17.4. The Balaban J connectivity index is 1.98. The minimum absolute atomic E-state index is 0.157. The average molecular weight is 422 g/mol. The van der Waals surface area contributed by atoms with Gasteiger partial charge in [0.2, 0.25) is 10.0 Å². The van der Waals surface area contributed by atoms with Gasteiger partial charge in [0.1, 0.15) is 12.4 Å². The fraction of sp³-hybridized carbons (Fsp3) is 0.300. The highest BCUT2D eigenvalue weighted by molar-refractivity contribution is 7.89. The number of rotatable bonds is 7. The summed E-state index contributed by atoms with van der Waals surface area (Å²) < 4.78 is 43.7. The van der Waals surface area contributed by atoms with E-state index in [1.807, 2.05) is 32.0 Å². The molecule has 0 spiro atoms. The van der Waals surface area contributed by atoms with Crippen LogP contribution >= 0.6 is 0 Å². The molecule has 2 aromatic rings. The predicted octanol–water partition coefficient (Wildman–Crippen LogP) is 2.63. The summed E-state index contributed by atoms with van der Waals surface area (Å²) in [5.41, 5.74) is 2.36. The molecule has 1 atom stereocenters. The summed E-state index contributed by atoms with van der Waals surface area (Å²) >= 11 is 0. The van der Waals surface area contributed by atoms with Crippen molar-refractivity contribution in [3.05, 3.63) is 59.4 Å². The number of sulfonamides is 1. The van der Waals surface area contributed by atoms with Crippen LogP contribution < -0.4 is 5.32 Å². The molecule has 0 bridgehead atoms. The molecule has 2 aromatic carbocycles. The maximum Gasteiger partial charge on any atom is 0.322 e. The van der Waals surface area contributed by atoms with E-state index in [1.54, 1.807) is 0 Å². The second-order valence-electron chi connectivity index (χ2n) is 6.60. The number of likely N-dealkylation sites (N-methyl/N-ethyl adjacent to an activating group) is 1. The molecule has 1 amide bonds. The Kier molecular flexibility index (Phi) is 7.10. The summed E-state index contributed by atoms with van der Waals surface area (Å²) in [5.74, 6) is -1.99. The molecule has 0 aliphatic carbocycles. The lowest BCUT2D eigenvalue weighted by Crippen LogP contribution is -2.37. The summed E-state index contributed by atoms with van der Waals surface area (Å²) in [5, 5.41) is 2.71. The number of halogens is 1. The number of para-hydroxylation sites is 1. The number of ether oxygens (including phenoxy) is 1. The Morgan fingerprint density at radius 3 is 2.21 bits per heavy atom. The van der Waals surface area contributed by atoms with Crippen molar-refractivity contribution in [1.29, 1.82) is 0 Å². The highest BCUT2D eigenvalue weighted by atomic mass is 32.2. The first-order valence-electron chi connectivity index (χ1n) is 8.81. The van der Waals surface area contributed by atoms with Gasteiger partial charge in [-0.15, -0.1) is 0 Å². The van der Waals surface area contributed by atoms with Crippen molar-refractivity contribution in [2.45, 2.75) is 31.8 Å². The van der Waals surface area contributed by atoms with Gasteiger partial charge in [0.25, 0.3) is 5.91 Å². The molecule has 9 heteroatoms. The van der Waals surface area contributed by atoms with Crippen LogP contribution in [0.5, 0.6) is 0 Å². The summed E-state index contributed by atoms with van der Waals surface area (Å²) in [6.45, 7) is 4.49. The minimum Gasteiger partial charge on any atom is -0.452 e. The summed E-state index contributed by atoms with van der Waals surface area (Å²) in [6.07, 6.45) is -1.12. The Labute approximate surface area is 169 Å². The van der Waals surface area contributed by atoms with E-state index in [1.165, 1.54) is 14.0 Å². The van der Waals surface area contributed by atoms with Crippen molar-refractivity contribution in [1.82, 2.24) is 4.31 Å². The summed E-state index contributed by atoms with van der Waals surface area (Å²) in [7, 11) is -2.81. The molecular formula is C20H23FN2O5S. The minimum atomic E-state index is -4.00. The van der Waals surface area contributed by atoms with Gasteiger partial charge in [0, 0.05) is 12.7 Å². The van der Waals surface area contributed by atoms with Gasteiger partial charge in [-0.3, -0.25) is 9.59 Å². The van der Waals surface area contributed by atoms with Gasteiger partial charge < -0.3 is 10.1 Å². The first-order chi connectivity index (χ1) is 13.5. The highest BCUT2D eigenvalue weighted by Gasteiger charge is 2.26. The number of nitrogens with zero attached hydrogens (tertiary/aromatic N) is 1. The van der Waals surface area contributed by atoms with Gasteiger partial charge in [-0.25, -0.2) is 12.8 Å². The number of carbonyl (C=O) groups excluding carboxylic acids is 2. The standard InChI is InChI=1S/C20H23FN2O5S/c1-13-6-5-7-14(2)19(13)22-20(25)15(3)28-18(24)12-23(4)29(26,27)17-10-8-16(21)9-11-17/h5-11,15H,12H2,1-4H3,(H,22,25)/t15-/m1/s1. The molecule has 0 saturated carbocycles. The van der Waals surface area contributed by atoms with E-state index >= 15 is 0 Å². The summed E-state index contributed by atoms with van der Waals surface area (Å²) in [4.78, 5) is 24.3. The number of amides is 1.